The molecule has 0 radical (unpaired) electrons. The monoisotopic (exact) mass is 218 g/mol. The Labute approximate surface area is 87.9 Å². The van der Waals surface area contributed by atoms with Gasteiger partial charge in [0.1, 0.15) is 0 Å². The average molecular weight is 219 g/mol. The number of alkyl halides is 2. The molecule has 0 aliphatic rings. The molecule has 14 heavy (non-hydrogen) atoms. The minimum absolute atomic E-state index is 0.0191. The molecule has 0 aliphatic heterocycles. The van der Waals surface area contributed by atoms with Crippen LogP contribution in [-0.4, -0.2) is 0 Å². The van der Waals surface area contributed by atoms with Crippen molar-refractivity contribution in [3.63, 3.8) is 0 Å². The fourth-order valence-corrected chi connectivity index (χ4v) is 1.60. The number of hydrogen-bond acceptors (Lipinski definition) is 0. The van der Waals surface area contributed by atoms with Crippen molar-refractivity contribution in [2.45, 2.75) is 32.6 Å². The Morgan fingerprint density at radius 3 is 2.29 bits per heavy atom. The summed E-state index contributed by atoms with van der Waals surface area (Å²) in [5.41, 5.74) is 0.788. The Hall–Kier alpha value is -0.630. The molecular weight excluding hydrogens is 206 g/mol. The standard InChI is InChI=1S/C11H13ClF2/c1-7(2)9-6-8(11(3,13)14)4-5-10(9)12/h4-7H,1-3H3. The lowest BCUT2D eigenvalue weighted by atomic mass is 9.99. The van der Waals surface area contributed by atoms with Crippen molar-refractivity contribution < 1.29 is 8.78 Å². The van der Waals surface area contributed by atoms with Crippen LogP contribution in [0.15, 0.2) is 18.2 Å². The molecule has 0 amide bonds. The van der Waals surface area contributed by atoms with Gasteiger partial charge in [-0.25, -0.2) is 8.78 Å². The molecule has 0 spiro atoms. The van der Waals surface area contributed by atoms with E-state index in [1.165, 1.54) is 18.2 Å². The summed E-state index contributed by atoms with van der Waals surface area (Å²) in [6.07, 6.45) is 0. The van der Waals surface area contributed by atoms with Gasteiger partial charge < -0.3 is 0 Å². The summed E-state index contributed by atoms with van der Waals surface area (Å²) in [5, 5.41) is 0.549. The SMILES string of the molecule is CC(C)c1cc(C(C)(F)F)ccc1Cl. The Morgan fingerprint density at radius 2 is 1.86 bits per heavy atom. The number of halogens is 3. The van der Waals surface area contributed by atoms with Crippen LogP contribution in [0.3, 0.4) is 0 Å². The molecule has 1 rings (SSSR count). The van der Waals surface area contributed by atoms with Gasteiger partial charge in [0.05, 0.1) is 0 Å². The van der Waals surface area contributed by atoms with Crippen molar-refractivity contribution in [1.82, 2.24) is 0 Å². The smallest absolute Gasteiger partial charge is 0.202 e. The summed E-state index contributed by atoms with van der Waals surface area (Å²) in [6, 6.07) is 4.38. The molecule has 0 unspecified atom stereocenters. The van der Waals surface area contributed by atoms with E-state index in [4.69, 9.17) is 11.6 Å². The summed E-state index contributed by atoms with van der Waals surface area (Å²) < 4.78 is 26.0. The molecule has 0 aromatic heterocycles. The van der Waals surface area contributed by atoms with E-state index in [9.17, 15) is 8.78 Å². The van der Waals surface area contributed by atoms with Crippen molar-refractivity contribution in [1.29, 1.82) is 0 Å². The molecule has 0 fully saturated rings. The Morgan fingerprint density at radius 1 is 1.29 bits per heavy atom. The van der Waals surface area contributed by atoms with E-state index >= 15 is 0 Å². The quantitative estimate of drug-likeness (QED) is 0.682. The molecule has 3 heteroatoms. The van der Waals surface area contributed by atoms with Gasteiger partial charge in [-0.3, -0.25) is 0 Å². The van der Waals surface area contributed by atoms with Crippen LogP contribution in [0.4, 0.5) is 8.78 Å². The predicted octanol–water partition coefficient (Wildman–Crippen LogP) is 4.58. The van der Waals surface area contributed by atoms with Crippen LogP contribution in [0, 0.1) is 0 Å². The zero-order valence-electron chi connectivity index (χ0n) is 8.44. The summed E-state index contributed by atoms with van der Waals surface area (Å²) in [4.78, 5) is 0. The molecule has 1 aromatic rings. The first kappa shape index (κ1) is 11.4. The van der Waals surface area contributed by atoms with Crippen LogP contribution in [0.25, 0.3) is 0 Å². The highest BCUT2D eigenvalue weighted by Crippen LogP contribution is 2.32. The van der Waals surface area contributed by atoms with Crippen molar-refractivity contribution >= 4 is 11.6 Å². The number of rotatable bonds is 2. The predicted molar refractivity (Wildman–Crippen MR) is 55.1 cm³/mol. The molecule has 0 bridgehead atoms. The summed E-state index contributed by atoms with van der Waals surface area (Å²) in [6.45, 7) is 4.75. The van der Waals surface area contributed by atoms with E-state index in [0.717, 1.165) is 12.5 Å². The van der Waals surface area contributed by atoms with Crippen molar-refractivity contribution in [3.05, 3.63) is 34.3 Å². The zero-order valence-corrected chi connectivity index (χ0v) is 9.20. The molecule has 0 N–H and O–H groups in total. The Kier molecular flexibility index (Phi) is 3.15. The first-order chi connectivity index (χ1) is 6.32. The van der Waals surface area contributed by atoms with Gasteiger partial charge in [-0.05, 0) is 23.6 Å². The van der Waals surface area contributed by atoms with Gasteiger partial charge >= 0.3 is 0 Å². The lowest BCUT2D eigenvalue weighted by Crippen LogP contribution is -2.07. The van der Waals surface area contributed by atoms with Crippen LogP contribution >= 0.6 is 11.6 Å². The number of benzene rings is 1. The Bertz CT molecular complexity index is 327. The fourth-order valence-electron chi connectivity index (χ4n) is 1.26. The third-order valence-electron chi connectivity index (χ3n) is 2.12. The largest absolute Gasteiger partial charge is 0.270 e. The molecular formula is C11H13ClF2. The molecule has 0 heterocycles. The van der Waals surface area contributed by atoms with E-state index in [0.29, 0.717) is 5.02 Å². The maximum absolute atomic E-state index is 13.0. The van der Waals surface area contributed by atoms with Crippen molar-refractivity contribution in [2.24, 2.45) is 0 Å². The van der Waals surface area contributed by atoms with Gasteiger partial charge in [0.25, 0.3) is 5.92 Å². The fraction of sp³-hybridized carbons (Fsp3) is 0.455. The average Bonchev–Trinajstić information content (AvgIpc) is 2.02. The minimum Gasteiger partial charge on any atom is -0.202 e. The number of hydrogen-bond donors (Lipinski definition) is 0. The molecule has 0 nitrogen and oxygen atoms in total. The third kappa shape index (κ3) is 2.44. The van der Waals surface area contributed by atoms with E-state index in [2.05, 4.69) is 0 Å². The lowest BCUT2D eigenvalue weighted by molar-refractivity contribution is 0.0174. The third-order valence-corrected chi connectivity index (χ3v) is 2.47. The zero-order chi connectivity index (χ0) is 10.9. The maximum Gasteiger partial charge on any atom is 0.270 e. The van der Waals surface area contributed by atoms with Crippen LogP contribution in [0.2, 0.25) is 5.02 Å². The first-order valence-electron chi connectivity index (χ1n) is 4.50. The van der Waals surface area contributed by atoms with E-state index < -0.39 is 5.92 Å². The normalized spacial score (nSPS) is 12.2. The van der Waals surface area contributed by atoms with E-state index in [1.54, 1.807) is 0 Å². The van der Waals surface area contributed by atoms with Gasteiger partial charge in [-0.1, -0.05) is 31.5 Å². The molecule has 0 atom stereocenters. The highest BCUT2D eigenvalue weighted by Gasteiger charge is 2.25. The summed E-state index contributed by atoms with van der Waals surface area (Å²) >= 11 is 5.90. The lowest BCUT2D eigenvalue weighted by Gasteiger charge is -2.14. The second-order valence-corrected chi connectivity index (χ2v) is 4.19. The van der Waals surface area contributed by atoms with Crippen LogP contribution in [0.5, 0.6) is 0 Å². The highest BCUT2D eigenvalue weighted by molar-refractivity contribution is 6.31. The molecule has 78 valence electrons. The van der Waals surface area contributed by atoms with Gasteiger partial charge in [0.15, 0.2) is 0 Å². The minimum atomic E-state index is -2.80. The van der Waals surface area contributed by atoms with Gasteiger partial charge in [-0.15, -0.1) is 0 Å². The topological polar surface area (TPSA) is 0 Å². The molecule has 1 aromatic carbocycles. The highest BCUT2D eigenvalue weighted by atomic mass is 35.5. The van der Waals surface area contributed by atoms with Gasteiger partial charge in [0, 0.05) is 17.5 Å². The summed E-state index contributed by atoms with van der Waals surface area (Å²) in [5.74, 6) is -2.64. The maximum atomic E-state index is 13.0. The van der Waals surface area contributed by atoms with Crippen LogP contribution in [0.1, 0.15) is 37.8 Å². The summed E-state index contributed by atoms with van der Waals surface area (Å²) in [7, 11) is 0. The second kappa shape index (κ2) is 3.85. The molecule has 0 saturated heterocycles. The first-order valence-corrected chi connectivity index (χ1v) is 4.88. The van der Waals surface area contributed by atoms with Gasteiger partial charge in [0.2, 0.25) is 0 Å². The molecule has 0 aliphatic carbocycles. The van der Waals surface area contributed by atoms with E-state index in [1.807, 2.05) is 13.8 Å². The Balaban J connectivity index is 3.20. The van der Waals surface area contributed by atoms with Crippen LogP contribution in [-0.2, 0) is 5.92 Å². The van der Waals surface area contributed by atoms with Crippen LogP contribution < -0.4 is 0 Å². The van der Waals surface area contributed by atoms with Gasteiger partial charge in [-0.2, -0.15) is 0 Å². The molecule has 0 saturated carbocycles. The second-order valence-electron chi connectivity index (χ2n) is 3.78. The van der Waals surface area contributed by atoms with Crippen molar-refractivity contribution in [3.8, 4) is 0 Å². The van der Waals surface area contributed by atoms with E-state index in [-0.39, 0.29) is 11.5 Å². The van der Waals surface area contributed by atoms with Crippen molar-refractivity contribution in [2.75, 3.05) is 0 Å².